The summed E-state index contributed by atoms with van der Waals surface area (Å²) in [5, 5.41) is 15.6. The molecule has 25 heavy (non-hydrogen) atoms. The second-order valence-corrected chi connectivity index (χ2v) is 7.29. The first-order valence-electron chi connectivity index (χ1n) is 9.62. The van der Waals surface area contributed by atoms with Gasteiger partial charge in [0.25, 0.3) is 0 Å². The molecule has 0 saturated carbocycles. The Balaban J connectivity index is 1.48. The van der Waals surface area contributed by atoms with Gasteiger partial charge in [-0.1, -0.05) is 6.42 Å². The molecule has 3 saturated heterocycles. The number of rotatable bonds is 4. The number of amides is 2. The smallest absolute Gasteiger partial charge is 0.341 e. The molecule has 0 aromatic carbocycles. The number of carbonyl (C=O) groups is 2. The summed E-state index contributed by atoms with van der Waals surface area (Å²) < 4.78 is 0. The highest BCUT2D eigenvalue weighted by Gasteiger charge is 2.32. The van der Waals surface area contributed by atoms with Crippen molar-refractivity contribution in [3.8, 4) is 0 Å². The van der Waals surface area contributed by atoms with E-state index in [-0.39, 0.29) is 6.03 Å². The molecule has 0 aromatic rings. The van der Waals surface area contributed by atoms with Gasteiger partial charge in [0.1, 0.15) is 0 Å². The fraction of sp³-hybridized carbons (Fsp3) is 0.882. The Labute approximate surface area is 149 Å². The molecule has 3 heterocycles. The second-order valence-electron chi connectivity index (χ2n) is 7.29. The van der Waals surface area contributed by atoms with Crippen LogP contribution in [0.5, 0.6) is 0 Å². The van der Waals surface area contributed by atoms with Gasteiger partial charge in [-0.3, -0.25) is 9.80 Å². The molecule has 3 aliphatic rings. The first kappa shape index (κ1) is 18.4. The third-order valence-corrected chi connectivity index (χ3v) is 5.68. The normalized spacial score (nSPS) is 25.5. The molecule has 0 radical (unpaired) electrons. The maximum Gasteiger partial charge on any atom is 0.341 e. The number of likely N-dealkylation sites (tertiary alicyclic amines) is 1. The maximum atomic E-state index is 12.5. The lowest BCUT2D eigenvalue weighted by Crippen LogP contribution is -2.60. The SMILES string of the molecule is O=C(O)C(NC(=O)N1CCN(C2CCNCC2)CC1)N1CCCCC1. The van der Waals surface area contributed by atoms with E-state index in [2.05, 4.69) is 15.5 Å². The van der Waals surface area contributed by atoms with Crippen molar-refractivity contribution < 1.29 is 14.7 Å². The van der Waals surface area contributed by atoms with E-state index in [9.17, 15) is 14.7 Å². The number of carboxylic acid groups (broad SMARTS) is 1. The molecule has 1 atom stereocenters. The van der Waals surface area contributed by atoms with Crippen molar-refractivity contribution in [3.05, 3.63) is 0 Å². The van der Waals surface area contributed by atoms with Crippen molar-refractivity contribution in [2.24, 2.45) is 0 Å². The molecular formula is C17H31N5O3. The van der Waals surface area contributed by atoms with Crippen molar-refractivity contribution in [1.82, 2.24) is 25.3 Å². The summed E-state index contributed by atoms with van der Waals surface area (Å²) in [5.41, 5.74) is 0. The molecule has 0 aliphatic carbocycles. The van der Waals surface area contributed by atoms with E-state index in [1.54, 1.807) is 4.90 Å². The second kappa shape index (κ2) is 8.82. The van der Waals surface area contributed by atoms with Crippen LogP contribution in [-0.2, 0) is 4.79 Å². The average molecular weight is 353 g/mol. The van der Waals surface area contributed by atoms with E-state index in [1.165, 1.54) is 12.8 Å². The lowest BCUT2D eigenvalue weighted by atomic mass is 10.0. The van der Waals surface area contributed by atoms with Crippen LogP contribution in [0.25, 0.3) is 0 Å². The summed E-state index contributed by atoms with van der Waals surface area (Å²) in [5.74, 6) is -0.969. The van der Waals surface area contributed by atoms with Gasteiger partial charge < -0.3 is 20.6 Å². The fourth-order valence-corrected chi connectivity index (χ4v) is 4.16. The minimum Gasteiger partial charge on any atom is -0.479 e. The molecule has 0 bridgehead atoms. The van der Waals surface area contributed by atoms with Crippen LogP contribution in [-0.4, -0.2) is 96.4 Å². The molecule has 2 amide bonds. The first-order valence-corrected chi connectivity index (χ1v) is 9.62. The highest BCUT2D eigenvalue weighted by Crippen LogP contribution is 2.15. The summed E-state index contributed by atoms with van der Waals surface area (Å²) in [6.45, 7) is 6.70. The molecule has 142 valence electrons. The van der Waals surface area contributed by atoms with Crippen LogP contribution in [0.15, 0.2) is 0 Å². The largest absolute Gasteiger partial charge is 0.479 e. The topological polar surface area (TPSA) is 88.1 Å². The summed E-state index contributed by atoms with van der Waals surface area (Å²) in [6, 6.07) is 0.370. The quantitative estimate of drug-likeness (QED) is 0.657. The van der Waals surface area contributed by atoms with Crippen molar-refractivity contribution in [1.29, 1.82) is 0 Å². The third kappa shape index (κ3) is 4.83. The van der Waals surface area contributed by atoms with Crippen LogP contribution in [0.4, 0.5) is 4.79 Å². The lowest BCUT2D eigenvalue weighted by molar-refractivity contribution is -0.144. The molecule has 3 rings (SSSR count). The van der Waals surface area contributed by atoms with Crippen molar-refractivity contribution in [2.75, 3.05) is 52.4 Å². The minimum absolute atomic E-state index is 0.247. The minimum atomic E-state index is -0.969. The van der Waals surface area contributed by atoms with Crippen LogP contribution >= 0.6 is 0 Å². The Morgan fingerprint density at radius 3 is 2.20 bits per heavy atom. The number of hydrogen-bond acceptors (Lipinski definition) is 5. The predicted molar refractivity (Wildman–Crippen MR) is 94.4 cm³/mol. The molecule has 0 aromatic heterocycles. The van der Waals surface area contributed by atoms with Crippen LogP contribution in [0.1, 0.15) is 32.1 Å². The van der Waals surface area contributed by atoms with E-state index in [0.29, 0.717) is 19.1 Å². The number of carboxylic acids is 1. The van der Waals surface area contributed by atoms with Crippen LogP contribution < -0.4 is 10.6 Å². The Kier molecular flexibility index (Phi) is 6.50. The van der Waals surface area contributed by atoms with Crippen LogP contribution in [0.2, 0.25) is 0 Å². The van der Waals surface area contributed by atoms with Gasteiger partial charge in [-0.05, 0) is 38.8 Å². The number of piperazine rings is 1. The zero-order valence-electron chi connectivity index (χ0n) is 15.0. The molecule has 3 N–H and O–H groups in total. The predicted octanol–water partition coefficient (Wildman–Crippen LogP) is -0.0378. The van der Waals surface area contributed by atoms with Gasteiger partial charge in [-0.25, -0.2) is 9.59 Å². The molecule has 8 nitrogen and oxygen atoms in total. The summed E-state index contributed by atoms with van der Waals surface area (Å²) in [6.07, 6.45) is 4.55. The van der Waals surface area contributed by atoms with Crippen LogP contribution in [0.3, 0.4) is 0 Å². The number of nitrogens with zero attached hydrogens (tertiary/aromatic N) is 3. The van der Waals surface area contributed by atoms with Gasteiger partial charge in [-0.15, -0.1) is 0 Å². The Bertz CT molecular complexity index is 455. The van der Waals surface area contributed by atoms with Gasteiger partial charge in [0, 0.05) is 45.3 Å². The zero-order chi connectivity index (χ0) is 17.6. The van der Waals surface area contributed by atoms with Gasteiger partial charge in [0.05, 0.1) is 0 Å². The Morgan fingerprint density at radius 2 is 1.60 bits per heavy atom. The lowest BCUT2D eigenvalue weighted by Gasteiger charge is -2.41. The van der Waals surface area contributed by atoms with Crippen molar-refractivity contribution in [3.63, 3.8) is 0 Å². The zero-order valence-corrected chi connectivity index (χ0v) is 15.0. The van der Waals surface area contributed by atoms with Gasteiger partial charge in [0.2, 0.25) is 0 Å². The highest BCUT2D eigenvalue weighted by molar-refractivity contribution is 5.82. The van der Waals surface area contributed by atoms with Gasteiger partial charge >= 0.3 is 12.0 Å². The number of aliphatic carboxylic acids is 1. The fourth-order valence-electron chi connectivity index (χ4n) is 4.16. The number of carbonyl (C=O) groups excluding carboxylic acids is 1. The third-order valence-electron chi connectivity index (χ3n) is 5.68. The van der Waals surface area contributed by atoms with E-state index in [1.807, 2.05) is 4.90 Å². The monoisotopic (exact) mass is 353 g/mol. The first-order chi connectivity index (χ1) is 12.1. The van der Waals surface area contributed by atoms with E-state index in [0.717, 1.165) is 58.5 Å². The van der Waals surface area contributed by atoms with E-state index in [4.69, 9.17) is 0 Å². The molecule has 0 spiro atoms. The summed E-state index contributed by atoms with van der Waals surface area (Å²) in [7, 11) is 0. The Morgan fingerprint density at radius 1 is 0.960 bits per heavy atom. The average Bonchev–Trinajstić information content (AvgIpc) is 2.67. The molecule has 3 aliphatic heterocycles. The van der Waals surface area contributed by atoms with Gasteiger partial charge in [0.15, 0.2) is 6.17 Å². The molecule has 3 fully saturated rings. The van der Waals surface area contributed by atoms with Crippen molar-refractivity contribution >= 4 is 12.0 Å². The molecule has 1 unspecified atom stereocenters. The molecular weight excluding hydrogens is 322 g/mol. The number of urea groups is 1. The standard InChI is InChI=1S/C17H31N5O3/c23-16(24)15(21-8-2-1-3-9-21)19-17(25)22-12-10-20(11-13-22)14-4-6-18-7-5-14/h14-15,18H,1-13H2,(H,19,25)(H,23,24). The number of hydrogen-bond donors (Lipinski definition) is 3. The molecule has 8 heteroatoms. The number of nitrogens with one attached hydrogen (secondary N) is 2. The van der Waals surface area contributed by atoms with Gasteiger partial charge in [-0.2, -0.15) is 0 Å². The number of piperidine rings is 2. The maximum absolute atomic E-state index is 12.5. The van der Waals surface area contributed by atoms with E-state index < -0.39 is 12.1 Å². The summed E-state index contributed by atoms with van der Waals surface area (Å²) >= 11 is 0. The van der Waals surface area contributed by atoms with Crippen molar-refractivity contribution in [2.45, 2.75) is 44.3 Å². The van der Waals surface area contributed by atoms with Crippen LogP contribution in [0, 0.1) is 0 Å². The summed E-state index contributed by atoms with van der Waals surface area (Å²) in [4.78, 5) is 30.2. The van der Waals surface area contributed by atoms with E-state index >= 15 is 0 Å². The highest BCUT2D eigenvalue weighted by atomic mass is 16.4. The Hall–Kier alpha value is -1.38.